The first-order valence-electron chi connectivity index (χ1n) is 13.1. The van der Waals surface area contributed by atoms with Crippen LogP contribution in [-0.4, -0.2) is 21.7 Å². The van der Waals surface area contributed by atoms with E-state index in [-0.39, 0.29) is 29.0 Å². The molecule has 0 radical (unpaired) electrons. The van der Waals surface area contributed by atoms with E-state index in [4.69, 9.17) is 13.9 Å². The van der Waals surface area contributed by atoms with Crippen LogP contribution in [0, 0.1) is 16.7 Å². The van der Waals surface area contributed by atoms with Gasteiger partial charge in [-0.15, -0.1) is 5.10 Å². The van der Waals surface area contributed by atoms with Gasteiger partial charge in [0.2, 0.25) is 0 Å². The molecule has 2 unspecified atom stereocenters. The number of halogens is 3. The zero-order valence-electron chi connectivity index (χ0n) is 22.3. The summed E-state index contributed by atoms with van der Waals surface area (Å²) < 4.78 is 50.8. The quantitative estimate of drug-likeness (QED) is 0.230. The predicted octanol–water partition coefficient (Wildman–Crippen LogP) is 8.23. The zero-order chi connectivity index (χ0) is 28.3. The van der Waals surface area contributed by atoms with Crippen LogP contribution in [0.4, 0.5) is 13.2 Å². The number of thioether (sulfide) groups is 1. The molecular formula is C30H28F3N3O3S. The number of hydrogen-bond acceptors (Lipinski definition) is 6. The van der Waals surface area contributed by atoms with Gasteiger partial charge in [0.15, 0.2) is 5.17 Å². The summed E-state index contributed by atoms with van der Waals surface area (Å²) in [6.45, 7) is 7.06. The molecule has 1 saturated heterocycles. The molecule has 2 atom stereocenters. The fourth-order valence-corrected chi connectivity index (χ4v) is 6.94. The molecule has 1 aliphatic heterocycles. The Morgan fingerprint density at radius 2 is 1.95 bits per heavy atom. The van der Waals surface area contributed by atoms with Crippen molar-refractivity contribution in [3.8, 4) is 11.3 Å². The molecule has 0 N–H and O–H groups in total. The molecule has 2 bridgehead atoms. The molecule has 10 heteroatoms. The van der Waals surface area contributed by atoms with Gasteiger partial charge in [-0.2, -0.15) is 18.3 Å². The summed E-state index contributed by atoms with van der Waals surface area (Å²) in [5, 5.41) is 9.72. The molecule has 6 rings (SSSR count). The first kappa shape index (κ1) is 26.7. The fourth-order valence-electron chi connectivity index (χ4n) is 6.03. The van der Waals surface area contributed by atoms with E-state index >= 15 is 0 Å². The molecule has 6 nitrogen and oxygen atoms in total. The van der Waals surface area contributed by atoms with Crippen molar-refractivity contribution >= 4 is 34.6 Å². The molecule has 3 heterocycles. The van der Waals surface area contributed by atoms with Gasteiger partial charge in [-0.3, -0.25) is 9.69 Å². The largest absolute Gasteiger partial charge is 0.467 e. The van der Waals surface area contributed by atoms with E-state index in [2.05, 4.69) is 25.9 Å². The number of furan rings is 2. The van der Waals surface area contributed by atoms with Gasteiger partial charge < -0.3 is 8.83 Å². The number of benzene rings is 1. The second-order valence-electron chi connectivity index (χ2n) is 11.3. The van der Waals surface area contributed by atoms with Gasteiger partial charge in [-0.1, -0.05) is 32.9 Å². The molecule has 2 aromatic heterocycles. The second-order valence-corrected chi connectivity index (χ2v) is 12.3. The number of nitrogens with zero attached hydrogens (tertiary/aromatic N) is 3. The number of amides is 1. The lowest BCUT2D eigenvalue weighted by Gasteiger charge is -2.34. The van der Waals surface area contributed by atoms with Gasteiger partial charge in [0.1, 0.15) is 17.3 Å². The summed E-state index contributed by atoms with van der Waals surface area (Å²) in [5.41, 5.74) is 0.742. The summed E-state index contributed by atoms with van der Waals surface area (Å²) >= 11 is 1.19. The van der Waals surface area contributed by atoms with E-state index < -0.39 is 11.7 Å². The summed E-state index contributed by atoms with van der Waals surface area (Å²) in [6.07, 6.45) is 1.85. The predicted molar refractivity (Wildman–Crippen MR) is 148 cm³/mol. The van der Waals surface area contributed by atoms with Crippen LogP contribution < -0.4 is 0 Å². The van der Waals surface area contributed by atoms with Crippen LogP contribution >= 0.6 is 11.8 Å². The van der Waals surface area contributed by atoms with Crippen LogP contribution in [0.2, 0.25) is 0 Å². The molecule has 3 aromatic rings. The SMILES string of the molecule is CC12CCC(CC1=NN=C1SC(=Cc3ccc(-c4cccc(C(F)(F)F)c4)o3)C(=O)N1Cc1ccco1)C2(C)C. The van der Waals surface area contributed by atoms with E-state index in [1.54, 1.807) is 42.7 Å². The lowest BCUT2D eigenvalue weighted by atomic mass is 9.70. The first-order valence-corrected chi connectivity index (χ1v) is 13.9. The Bertz CT molecular complexity index is 1550. The highest BCUT2D eigenvalue weighted by Gasteiger charge is 2.60. The van der Waals surface area contributed by atoms with Crippen molar-refractivity contribution < 1.29 is 26.8 Å². The number of carbonyl (C=O) groups is 1. The molecular weight excluding hydrogens is 539 g/mol. The van der Waals surface area contributed by atoms with Gasteiger partial charge in [-0.05, 0) is 78.8 Å². The Kier molecular flexibility index (Phi) is 6.36. The van der Waals surface area contributed by atoms with E-state index in [9.17, 15) is 18.0 Å². The lowest BCUT2D eigenvalue weighted by Crippen LogP contribution is -2.32. The Balaban J connectivity index is 1.30. The fraction of sp³-hybridized carbons (Fsp3) is 0.367. The van der Waals surface area contributed by atoms with Crippen LogP contribution in [-0.2, 0) is 17.5 Å². The Labute approximate surface area is 234 Å². The second kappa shape index (κ2) is 9.54. The number of carbonyl (C=O) groups excluding carboxylic acids is 1. The van der Waals surface area contributed by atoms with E-state index in [1.165, 1.54) is 29.1 Å². The molecule has 2 saturated carbocycles. The highest BCUT2D eigenvalue weighted by atomic mass is 32.2. The lowest BCUT2D eigenvalue weighted by molar-refractivity contribution is -0.137. The summed E-state index contributed by atoms with van der Waals surface area (Å²) in [7, 11) is 0. The smallest absolute Gasteiger partial charge is 0.416 e. The highest BCUT2D eigenvalue weighted by molar-refractivity contribution is 8.18. The van der Waals surface area contributed by atoms with Crippen molar-refractivity contribution in [3.63, 3.8) is 0 Å². The van der Waals surface area contributed by atoms with Crippen LogP contribution in [0.25, 0.3) is 17.4 Å². The minimum absolute atomic E-state index is 0.0203. The molecule has 40 heavy (non-hydrogen) atoms. The van der Waals surface area contributed by atoms with Crippen molar-refractivity contribution in [2.24, 2.45) is 27.0 Å². The van der Waals surface area contributed by atoms with Crippen molar-refractivity contribution in [3.05, 3.63) is 76.8 Å². The van der Waals surface area contributed by atoms with Gasteiger partial charge in [0, 0.05) is 22.8 Å². The Morgan fingerprint density at radius 1 is 1.12 bits per heavy atom. The average molecular weight is 568 g/mol. The third-order valence-electron chi connectivity index (χ3n) is 8.93. The maximum Gasteiger partial charge on any atom is 0.416 e. The van der Waals surface area contributed by atoms with Crippen molar-refractivity contribution in [1.82, 2.24) is 4.90 Å². The van der Waals surface area contributed by atoms with E-state index in [0.29, 0.717) is 33.1 Å². The summed E-state index contributed by atoms with van der Waals surface area (Å²) in [5.74, 6) is 1.52. The third-order valence-corrected chi connectivity index (χ3v) is 9.92. The molecule has 0 spiro atoms. The third kappa shape index (κ3) is 4.52. The first-order chi connectivity index (χ1) is 19.0. The average Bonchev–Trinajstić information content (AvgIpc) is 3.71. The van der Waals surface area contributed by atoms with Gasteiger partial charge in [0.05, 0.1) is 23.3 Å². The van der Waals surface area contributed by atoms with E-state index in [1.807, 2.05) is 0 Å². The van der Waals surface area contributed by atoms with Crippen LogP contribution in [0.15, 0.2) is 78.7 Å². The minimum Gasteiger partial charge on any atom is -0.467 e. The number of hydrogen-bond donors (Lipinski definition) is 0. The summed E-state index contributed by atoms with van der Waals surface area (Å²) in [4.78, 5) is 15.4. The van der Waals surface area contributed by atoms with Crippen molar-refractivity contribution in [2.75, 3.05) is 0 Å². The number of amidine groups is 1. The number of rotatable bonds is 5. The zero-order valence-corrected chi connectivity index (χ0v) is 23.1. The normalized spacial score (nSPS) is 27.1. The molecule has 1 aromatic carbocycles. The topological polar surface area (TPSA) is 71.3 Å². The van der Waals surface area contributed by atoms with Crippen LogP contribution in [0.5, 0.6) is 0 Å². The van der Waals surface area contributed by atoms with Gasteiger partial charge in [-0.25, -0.2) is 0 Å². The van der Waals surface area contributed by atoms with Gasteiger partial charge >= 0.3 is 6.18 Å². The monoisotopic (exact) mass is 567 g/mol. The van der Waals surface area contributed by atoms with Gasteiger partial charge in [0.25, 0.3) is 5.91 Å². The number of alkyl halides is 3. The molecule has 3 aliphatic rings. The maximum atomic E-state index is 13.5. The molecule has 3 fully saturated rings. The minimum atomic E-state index is -4.46. The van der Waals surface area contributed by atoms with Crippen molar-refractivity contribution in [1.29, 1.82) is 0 Å². The number of fused-ring (bicyclic) bond motifs is 2. The summed E-state index contributed by atoms with van der Waals surface area (Å²) in [6, 6.07) is 11.7. The Morgan fingerprint density at radius 3 is 2.62 bits per heavy atom. The van der Waals surface area contributed by atoms with Crippen LogP contribution in [0.1, 0.15) is 57.1 Å². The van der Waals surface area contributed by atoms with E-state index in [0.717, 1.165) is 30.7 Å². The molecule has 1 amide bonds. The standard InChI is InChI=1S/C30H28F3N3O3S/c1-28(2)19-11-12-29(28,3)25(15-19)34-35-27-36(17-22-8-5-13-38-22)26(37)24(40-27)16-21-9-10-23(39-21)18-6-4-7-20(14-18)30(31,32)33/h4-10,13-14,16,19H,11-12,15,17H2,1-3H3. The van der Waals surface area contributed by atoms with Crippen molar-refractivity contribution in [2.45, 2.75) is 52.8 Å². The van der Waals surface area contributed by atoms with Crippen LogP contribution in [0.3, 0.4) is 0 Å². The highest BCUT2D eigenvalue weighted by Crippen LogP contribution is 2.64. The Hall–Kier alpha value is -3.53. The molecule has 2 aliphatic carbocycles. The maximum absolute atomic E-state index is 13.5. The molecule has 208 valence electrons.